The first kappa shape index (κ1) is 16.2. The van der Waals surface area contributed by atoms with E-state index in [1.54, 1.807) is 0 Å². The largest absolute Gasteiger partial charge is 0.368 e. The Balaban J connectivity index is 2.92. The molecule has 1 rings (SSSR count). The Morgan fingerprint density at radius 1 is 1.35 bits per heavy atom. The number of nitrogens with one attached hydrogen (secondary N) is 1. The molecule has 0 aromatic carbocycles. The van der Waals surface area contributed by atoms with E-state index in [9.17, 15) is 4.79 Å². The molecular weight excluding hydrogens is 254 g/mol. The molecule has 6 nitrogen and oxygen atoms in total. The standard InChI is InChI=1S/C14H25N5O/c1-4-6-8-19(10-12(15)20)13-9-11(3)17-14(18-13)16-7-5-2/h9H,4-8,10H2,1-3H3,(H2,15,20)(H,16,17,18). The van der Waals surface area contributed by atoms with E-state index in [4.69, 9.17) is 5.73 Å². The second-order valence-corrected chi connectivity index (χ2v) is 4.86. The van der Waals surface area contributed by atoms with E-state index in [1.807, 2.05) is 17.9 Å². The molecule has 0 atom stereocenters. The minimum atomic E-state index is -0.347. The molecule has 112 valence electrons. The van der Waals surface area contributed by atoms with Crippen molar-refractivity contribution in [3.8, 4) is 0 Å². The van der Waals surface area contributed by atoms with Crippen LogP contribution >= 0.6 is 0 Å². The normalized spacial score (nSPS) is 10.3. The second kappa shape index (κ2) is 8.35. The number of carbonyl (C=O) groups excluding carboxylic acids is 1. The van der Waals surface area contributed by atoms with Crippen molar-refractivity contribution in [3.63, 3.8) is 0 Å². The quantitative estimate of drug-likeness (QED) is 0.718. The lowest BCUT2D eigenvalue weighted by Gasteiger charge is -2.22. The van der Waals surface area contributed by atoms with Gasteiger partial charge in [0.25, 0.3) is 0 Å². The van der Waals surface area contributed by atoms with Gasteiger partial charge < -0.3 is 16.0 Å². The van der Waals surface area contributed by atoms with Gasteiger partial charge >= 0.3 is 0 Å². The first-order chi connectivity index (χ1) is 9.56. The zero-order chi connectivity index (χ0) is 15.0. The number of rotatable bonds is 9. The number of aromatic nitrogens is 2. The van der Waals surface area contributed by atoms with Gasteiger partial charge in [0, 0.05) is 24.8 Å². The molecule has 0 saturated heterocycles. The maximum atomic E-state index is 11.2. The molecule has 0 radical (unpaired) electrons. The maximum Gasteiger partial charge on any atom is 0.236 e. The Hall–Kier alpha value is -1.85. The highest BCUT2D eigenvalue weighted by Gasteiger charge is 2.12. The first-order valence-corrected chi connectivity index (χ1v) is 7.19. The van der Waals surface area contributed by atoms with Crippen molar-refractivity contribution < 1.29 is 4.79 Å². The number of nitrogens with two attached hydrogens (primary N) is 1. The third kappa shape index (κ3) is 5.42. The van der Waals surface area contributed by atoms with E-state index in [2.05, 4.69) is 29.1 Å². The summed E-state index contributed by atoms with van der Waals surface area (Å²) in [7, 11) is 0. The molecular formula is C14H25N5O. The zero-order valence-electron chi connectivity index (χ0n) is 12.6. The summed E-state index contributed by atoms with van der Waals surface area (Å²) >= 11 is 0. The number of nitrogens with zero attached hydrogens (tertiary/aromatic N) is 3. The number of hydrogen-bond donors (Lipinski definition) is 2. The van der Waals surface area contributed by atoms with Gasteiger partial charge in [-0.1, -0.05) is 20.3 Å². The van der Waals surface area contributed by atoms with Gasteiger partial charge in [-0.2, -0.15) is 4.98 Å². The Bertz CT molecular complexity index is 436. The van der Waals surface area contributed by atoms with Crippen LogP contribution in [0.4, 0.5) is 11.8 Å². The predicted octanol–water partition coefficient (Wildman–Crippen LogP) is 1.70. The van der Waals surface area contributed by atoms with E-state index in [1.165, 1.54) is 0 Å². The number of aryl methyl sites for hydroxylation is 1. The fourth-order valence-electron chi connectivity index (χ4n) is 1.84. The first-order valence-electron chi connectivity index (χ1n) is 7.19. The SMILES string of the molecule is CCCCN(CC(N)=O)c1cc(C)nc(NCCC)n1. The summed E-state index contributed by atoms with van der Waals surface area (Å²) in [6.45, 7) is 7.90. The van der Waals surface area contributed by atoms with Crippen LogP contribution in [0.1, 0.15) is 38.8 Å². The molecule has 0 bridgehead atoms. The minimum absolute atomic E-state index is 0.184. The summed E-state index contributed by atoms with van der Waals surface area (Å²) < 4.78 is 0. The molecule has 20 heavy (non-hydrogen) atoms. The van der Waals surface area contributed by atoms with Crippen LogP contribution in [0.15, 0.2) is 6.07 Å². The highest BCUT2D eigenvalue weighted by molar-refractivity contribution is 5.79. The van der Waals surface area contributed by atoms with Gasteiger partial charge in [-0.25, -0.2) is 4.98 Å². The number of unbranched alkanes of at least 4 members (excludes halogenated alkanes) is 1. The van der Waals surface area contributed by atoms with Crippen LogP contribution in [0.25, 0.3) is 0 Å². The molecule has 1 heterocycles. The van der Waals surface area contributed by atoms with Gasteiger partial charge in [0.15, 0.2) is 0 Å². The maximum absolute atomic E-state index is 11.2. The highest BCUT2D eigenvalue weighted by Crippen LogP contribution is 2.15. The third-order valence-electron chi connectivity index (χ3n) is 2.83. The predicted molar refractivity (Wildman–Crippen MR) is 81.9 cm³/mol. The van der Waals surface area contributed by atoms with Crippen molar-refractivity contribution in [1.29, 1.82) is 0 Å². The van der Waals surface area contributed by atoms with Crippen LogP contribution in [-0.4, -0.2) is 35.5 Å². The summed E-state index contributed by atoms with van der Waals surface area (Å²) in [5, 5.41) is 3.17. The molecule has 0 spiro atoms. The lowest BCUT2D eigenvalue weighted by molar-refractivity contribution is -0.116. The van der Waals surface area contributed by atoms with E-state index >= 15 is 0 Å². The molecule has 0 unspecified atom stereocenters. The number of primary amides is 1. The van der Waals surface area contributed by atoms with Crippen LogP contribution < -0.4 is 16.0 Å². The van der Waals surface area contributed by atoms with Gasteiger partial charge in [0.05, 0.1) is 6.54 Å². The van der Waals surface area contributed by atoms with E-state index in [-0.39, 0.29) is 12.5 Å². The lowest BCUT2D eigenvalue weighted by Crippen LogP contribution is -2.35. The Labute approximate surface area is 120 Å². The molecule has 0 fully saturated rings. The van der Waals surface area contributed by atoms with E-state index < -0.39 is 0 Å². The highest BCUT2D eigenvalue weighted by atomic mass is 16.1. The second-order valence-electron chi connectivity index (χ2n) is 4.86. The molecule has 6 heteroatoms. The zero-order valence-corrected chi connectivity index (χ0v) is 12.6. The van der Waals surface area contributed by atoms with Crippen LogP contribution in [0.3, 0.4) is 0 Å². The van der Waals surface area contributed by atoms with E-state index in [0.29, 0.717) is 5.95 Å². The van der Waals surface area contributed by atoms with Gasteiger partial charge in [0.1, 0.15) is 5.82 Å². The van der Waals surface area contributed by atoms with Crippen molar-refractivity contribution in [2.75, 3.05) is 29.9 Å². The topological polar surface area (TPSA) is 84.1 Å². The summed E-state index contributed by atoms with van der Waals surface area (Å²) in [6, 6.07) is 1.88. The Kier molecular flexibility index (Phi) is 6.76. The van der Waals surface area contributed by atoms with Crippen molar-refractivity contribution in [3.05, 3.63) is 11.8 Å². The van der Waals surface area contributed by atoms with E-state index in [0.717, 1.165) is 43.9 Å². The molecule has 0 aliphatic heterocycles. The number of anilines is 2. The molecule has 3 N–H and O–H groups in total. The number of hydrogen-bond acceptors (Lipinski definition) is 5. The molecule has 0 aliphatic rings. The van der Waals surface area contributed by atoms with Crippen molar-refractivity contribution in [2.45, 2.75) is 40.0 Å². The van der Waals surface area contributed by atoms with Crippen molar-refractivity contribution in [1.82, 2.24) is 9.97 Å². The molecule has 1 aromatic heterocycles. The van der Waals surface area contributed by atoms with Crippen molar-refractivity contribution in [2.24, 2.45) is 5.73 Å². The summed E-state index contributed by atoms with van der Waals surface area (Å²) in [5.41, 5.74) is 6.19. The average molecular weight is 279 g/mol. The van der Waals surface area contributed by atoms with Gasteiger partial charge in [0.2, 0.25) is 11.9 Å². The van der Waals surface area contributed by atoms with Crippen LogP contribution in [-0.2, 0) is 4.79 Å². The fourth-order valence-corrected chi connectivity index (χ4v) is 1.84. The van der Waals surface area contributed by atoms with Gasteiger partial charge in [-0.3, -0.25) is 4.79 Å². The van der Waals surface area contributed by atoms with Crippen molar-refractivity contribution >= 4 is 17.7 Å². The monoisotopic (exact) mass is 279 g/mol. The van der Waals surface area contributed by atoms with Crippen LogP contribution in [0.5, 0.6) is 0 Å². The molecule has 1 aromatic rings. The lowest BCUT2D eigenvalue weighted by atomic mass is 10.3. The summed E-state index contributed by atoms with van der Waals surface area (Å²) in [4.78, 5) is 21.9. The third-order valence-corrected chi connectivity index (χ3v) is 2.83. The summed E-state index contributed by atoms with van der Waals surface area (Å²) in [5.74, 6) is 1.01. The smallest absolute Gasteiger partial charge is 0.236 e. The van der Waals surface area contributed by atoms with Crippen LogP contribution in [0.2, 0.25) is 0 Å². The minimum Gasteiger partial charge on any atom is -0.368 e. The molecule has 0 aliphatic carbocycles. The van der Waals surface area contributed by atoms with Crippen LogP contribution in [0, 0.1) is 6.92 Å². The Morgan fingerprint density at radius 3 is 2.70 bits per heavy atom. The van der Waals surface area contributed by atoms with Gasteiger partial charge in [-0.15, -0.1) is 0 Å². The fraction of sp³-hybridized carbons (Fsp3) is 0.643. The average Bonchev–Trinajstić information content (AvgIpc) is 2.40. The van der Waals surface area contributed by atoms with Gasteiger partial charge in [-0.05, 0) is 19.8 Å². The summed E-state index contributed by atoms with van der Waals surface area (Å²) in [6.07, 6.45) is 3.06. The molecule has 1 amide bonds. The number of amides is 1. The number of carbonyl (C=O) groups is 1. The Morgan fingerprint density at radius 2 is 2.10 bits per heavy atom. The molecule has 0 saturated carbocycles.